The molecule has 0 saturated carbocycles. The number of carbonyl (C=O) groups excluding carboxylic acids is 1. The molecule has 10 heteroatoms. The summed E-state index contributed by atoms with van der Waals surface area (Å²) in [6.45, 7) is 3.78. The minimum atomic E-state index is -3.77. The molecule has 25 heavy (non-hydrogen) atoms. The van der Waals surface area contributed by atoms with Gasteiger partial charge in [-0.3, -0.25) is 19.2 Å². The van der Waals surface area contributed by atoms with E-state index in [1.807, 2.05) is 7.05 Å². The molecule has 1 aliphatic rings. The average Bonchev–Trinajstić information content (AvgIpc) is 2.52. The standard InChI is InChI=1S/C15H22N4O5S/c1-12-4-5-13(19(21)22)10-14(12)18(25(3,23)24)11-15(20)17-8-6-16(2)7-9-17/h4-5,10H,6-9,11H2,1-3H3. The minimum Gasteiger partial charge on any atom is -0.339 e. The summed E-state index contributed by atoms with van der Waals surface area (Å²) >= 11 is 0. The maximum absolute atomic E-state index is 12.5. The van der Waals surface area contributed by atoms with Crippen LogP contribution in [0.15, 0.2) is 18.2 Å². The van der Waals surface area contributed by atoms with Crippen molar-refractivity contribution in [1.82, 2.24) is 9.80 Å². The number of anilines is 1. The number of non-ortho nitro benzene ring substituents is 1. The molecule has 0 radical (unpaired) electrons. The molecule has 138 valence electrons. The zero-order valence-electron chi connectivity index (χ0n) is 14.5. The number of hydrogen-bond acceptors (Lipinski definition) is 6. The van der Waals surface area contributed by atoms with E-state index in [0.29, 0.717) is 18.7 Å². The second kappa shape index (κ2) is 7.36. The highest BCUT2D eigenvalue weighted by molar-refractivity contribution is 7.92. The molecule has 1 amide bonds. The van der Waals surface area contributed by atoms with E-state index in [4.69, 9.17) is 0 Å². The van der Waals surface area contributed by atoms with Gasteiger partial charge in [-0.1, -0.05) is 6.07 Å². The molecule has 1 aliphatic heterocycles. The summed E-state index contributed by atoms with van der Waals surface area (Å²) in [7, 11) is -1.82. The Hall–Kier alpha value is -2.20. The van der Waals surface area contributed by atoms with Crippen LogP contribution in [0.2, 0.25) is 0 Å². The van der Waals surface area contributed by atoms with Crippen LogP contribution in [0.25, 0.3) is 0 Å². The first kappa shape index (κ1) is 19.1. The fraction of sp³-hybridized carbons (Fsp3) is 0.533. The van der Waals surface area contributed by atoms with E-state index in [-0.39, 0.29) is 23.8 Å². The molecule has 1 heterocycles. The number of aryl methyl sites for hydroxylation is 1. The fourth-order valence-electron chi connectivity index (χ4n) is 2.64. The van der Waals surface area contributed by atoms with Gasteiger partial charge in [-0.05, 0) is 19.5 Å². The van der Waals surface area contributed by atoms with Crippen LogP contribution in [0, 0.1) is 17.0 Å². The second-order valence-corrected chi connectivity index (χ2v) is 8.09. The van der Waals surface area contributed by atoms with Crippen LogP contribution in [-0.4, -0.2) is 75.1 Å². The Morgan fingerprint density at radius 3 is 2.40 bits per heavy atom. The summed E-state index contributed by atoms with van der Waals surface area (Å²) in [4.78, 5) is 26.6. The van der Waals surface area contributed by atoms with Crippen LogP contribution in [0.5, 0.6) is 0 Å². The van der Waals surface area contributed by atoms with Crippen molar-refractivity contribution in [3.05, 3.63) is 33.9 Å². The summed E-state index contributed by atoms with van der Waals surface area (Å²) in [6.07, 6.45) is 0.989. The van der Waals surface area contributed by atoms with Crippen LogP contribution in [0.3, 0.4) is 0 Å². The number of rotatable bonds is 5. The van der Waals surface area contributed by atoms with E-state index in [0.717, 1.165) is 23.7 Å². The third kappa shape index (κ3) is 4.67. The van der Waals surface area contributed by atoms with Crippen molar-refractivity contribution in [2.75, 3.05) is 50.3 Å². The van der Waals surface area contributed by atoms with Crippen molar-refractivity contribution in [3.63, 3.8) is 0 Å². The molecule has 0 spiro atoms. The maximum Gasteiger partial charge on any atom is 0.271 e. The van der Waals surface area contributed by atoms with Gasteiger partial charge in [-0.2, -0.15) is 0 Å². The molecule has 2 rings (SSSR count). The number of amides is 1. The van der Waals surface area contributed by atoms with Crippen LogP contribution in [0.4, 0.5) is 11.4 Å². The number of piperazine rings is 1. The van der Waals surface area contributed by atoms with E-state index in [9.17, 15) is 23.3 Å². The van der Waals surface area contributed by atoms with Gasteiger partial charge < -0.3 is 9.80 Å². The number of nitro benzene ring substituents is 1. The molecular formula is C15H22N4O5S. The number of nitrogens with zero attached hydrogens (tertiary/aromatic N) is 4. The SMILES string of the molecule is Cc1ccc([N+](=O)[O-])cc1N(CC(=O)N1CCN(C)CC1)S(C)(=O)=O. The summed E-state index contributed by atoms with van der Waals surface area (Å²) in [5.41, 5.74) is 0.475. The predicted molar refractivity (Wildman–Crippen MR) is 94.1 cm³/mol. The number of likely N-dealkylation sites (N-methyl/N-ethyl adjacent to an activating group) is 1. The lowest BCUT2D eigenvalue weighted by molar-refractivity contribution is -0.384. The zero-order valence-corrected chi connectivity index (χ0v) is 15.3. The van der Waals surface area contributed by atoms with E-state index in [1.165, 1.54) is 18.2 Å². The van der Waals surface area contributed by atoms with Gasteiger partial charge in [0.25, 0.3) is 5.69 Å². The molecule has 1 fully saturated rings. The summed E-state index contributed by atoms with van der Waals surface area (Å²) in [5.74, 6) is -0.315. The number of carbonyl (C=O) groups is 1. The van der Waals surface area contributed by atoms with Gasteiger partial charge in [0, 0.05) is 38.3 Å². The van der Waals surface area contributed by atoms with Gasteiger partial charge in [-0.25, -0.2) is 8.42 Å². The monoisotopic (exact) mass is 370 g/mol. The van der Waals surface area contributed by atoms with Gasteiger partial charge in [0.1, 0.15) is 6.54 Å². The summed E-state index contributed by atoms with van der Waals surface area (Å²) in [5, 5.41) is 11.0. The van der Waals surface area contributed by atoms with Crippen LogP contribution >= 0.6 is 0 Å². The third-order valence-corrected chi connectivity index (χ3v) is 5.33. The Kier molecular flexibility index (Phi) is 5.63. The first-order valence-corrected chi connectivity index (χ1v) is 9.63. The second-order valence-electron chi connectivity index (χ2n) is 6.18. The number of sulfonamides is 1. The lowest BCUT2D eigenvalue weighted by Crippen LogP contribution is -2.50. The molecule has 0 unspecified atom stereocenters. The molecule has 0 aliphatic carbocycles. The highest BCUT2D eigenvalue weighted by atomic mass is 32.2. The van der Waals surface area contributed by atoms with E-state index in [1.54, 1.807) is 11.8 Å². The van der Waals surface area contributed by atoms with Crippen molar-refractivity contribution >= 4 is 27.3 Å². The molecule has 1 saturated heterocycles. The van der Waals surface area contributed by atoms with E-state index in [2.05, 4.69) is 4.90 Å². The molecule has 9 nitrogen and oxygen atoms in total. The Labute approximate surface area is 147 Å². The van der Waals surface area contributed by atoms with Gasteiger partial charge in [0.2, 0.25) is 15.9 Å². The Balaban J connectivity index is 2.30. The van der Waals surface area contributed by atoms with E-state index >= 15 is 0 Å². The molecule has 0 bridgehead atoms. The Morgan fingerprint density at radius 1 is 1.28 bits per heavy atom. The smallest absolute Gasteiger partial charge is 0.271 e. The van der Waals surface area contributed by atoms with Gasteiger partial charge >= 0.3 is 0 Å². The average molecular weight is 370 g/mol. The maximum atomic E-state index is 12.5. The largest absolute Gasteiger partial charge is 0.339 e. The first-order valence-electron chi connectivity index (χ1n) is 7.78. The zero-order chi connectivity index (χ0) is 18.8. The molecule has 0 atom stereocenters. The van der Waals surface area contributed by atoms with Crippen molar-refractivity contribution in [2.45, 2.75) is 6.92 Å². The highest BCUT2D eigenvalue weighted by Gasteiger charge is 2.27. The fourth-order valence-corrected chi connectivity index (χ4v) is 3.54. The predicted octanol–water partition coefficient (Wildman–Crippen LogP) is 0.443. The number of hydrogen-bond donors (Lipinski definition) is 0. The molecule has 1 aromatic rings. The van der Waals surface area contributed by atoms with Gasteiger partial charge in [0.15, 0.2) is 0 Å². The lowest BCUT2D eigenvalue weighted by atomic mass is 10.2. The molecule has 1 aromatic carbocycles. The van der Waals surface area contributed by atoms with Gasteiger partial charge in [-0.15, -0.1) is 0 Å². The van der Waals surface area contributed by atoms with Crippen molar-refractivity contribution < 1.29 is 18.1 Å². The van der Waals surface area contributed by atoms with Crippen LogP contribution in [-0.2, 0) is 14.8 Å². The van der Waals surface area contributed by atoms with Gasteiger partial charge in [0.05, 0.1) is 16.9 Å². The van der Waals surface area contributed by atoms with Crippen molar-refractivity contribution in [3.8, 4) is 0 Å². The van der Waals surface area contributed by atoms with Crippen LogP contribution in [0.1, 0.15) is 5.56 Å². The normalized spacial score (nSPS) is 15.9. The molecule has 0 aromatic heterocycles. The summed E-state index contributed by atoms with van der Waals surface area (Å²) in [6, 6.07) is 3.97. The number of benzene rings is 1. The first-order chi connectivity index (χ1) is 11.6. The lowest BCUT2D eigenvalue weighted by Gasteiger charge is -2.34. The van der Waals surface area contributed by atoms with E-state index < -0.39 is 14.9 Å². The molecular weight excluding hydrogens is 348 g/mol. The Bertz CT molecular complexity index is 772. The van der Waals surface area contributed by atoms with Crippen LogP contribution < -0.4 is 4.31 Å². The minimum absolute atomic E-state index is 0.152. The topological polar surface area (TPSA) is 104 Å². The van der Waals surface area contributed by atoms with Crippen molar-refractivity contribution in [1.29, 1.82) is 0 Å². The number of nitro groups is 1. The Morgan fingerprint density at radius 2 is 1.88 bits per heavy atom. The third-order valence-electron chi connectivity index (χ3n) is 4.21. The summed E-state index contributed by atoms with van der Waals surface area (Å²) < 4.78 is 25.4. The van der Waals surface area contributed by atoms with Crippen molar-refractivity contribution in [2.24, 2.45) is 0 Å². The quantitative estimate of drug-likeness (QED) is 0.550. The highest BCUT2D eigenvalue weighted by Crippen LogP contribution is 2.27. The molecule has 0 N–H and O–H groups in total.